The minimum atomic E-state index is 0.148. The fraction of sp³-hybridized carbons (Fsp3) is 0.500. The van der Waals surface area contributed by atoms with Crippen LogP contribution in [0.15, 0.2) is 28.7 Å². The first-order chi connectivity index (χ1) is 11.6. The van der Waals surface area contributed by atoms with Gasteiger partial charge in [-0.05, 0) is 38.1 Å². The second-order valence-corrected chi connectivity index (χ2v) is 6.16. The number of morpholine rings is 1. The van der Waals surface area contributed by atoms with E-state index in [1.807, 2.05) is 26.0 Å². The Morgan fingerprint density at radius 3 is 2.71 bits per heavy atom. The van der Waals surface area contributed by atoms with Gasteiger partial charge in [-0.3, -0.25) is 9.88 Å². The van der Waals surface area contributed by atoms with Crippen molar-refractivity contribution in [3.8, 4) is 5.75 Å². The molecule has 2 aromatic rings. The van der Waals surface area contributed by atoms with Crippen LogP contribution in [0.2, 0.25) is 0 Å². The zero-order valence-corrected chi connectivity index (χ0v) is 14.3. The maximum atomic E-state index is 9.92. The first kappa shape index (κ1) is 17.0. The SMILES string of the molecule is Cc1ccc(O)c(CNCC(c2ccc(C)o2)N2CCOCC2)n1. The Balaban J connectivity index is 1.66. The molecule has 1 aliphatic rings. The number of hydrogen-bond donors (Lipinski definition) is 2. The van der Waals surface area contributed by atoms with E-state index in [9.17, 15) is 5.11 Å². The molecule has 0 aliphatic carbocycles. The van der Waals surface area contributed by atoms with Crippen molar-refractivity contribution in [2.24, 2.45) is 0 Å². The number of nitrogens with one attached hydrogen (secondary N) is 1. The molecule has 3 rings (SSSR count). The van der Waals surface area contributed by atoms with Crippen molar-refractivity contribution in [2.45, 2.75) is 26.4 Å². The Morgan fingerprint density at radius 2 is 2.00 bits per heavy atom. The van der Waals surface area contributed by atoms with Gasteiger partial charge in [0.05, 0.1) is 24.9 Å². The zero-order valence-electron chi connectivity index (χ0n) is 14.3. The number of furan rings is 1. The summed E-state index contributed by atoms with van der Waals surface area (Å²) in [7, 11) is 0. The topological polar surface area (TPSA) is 70.8 Å². The summed E-state index contributed by atoms with van der Waals surface area (Å²) in [4.78, 5) is 6.76. The van der Waals surface area contributed by atoms with Crippen LogP contribution in [-0.2, 0) is 11.3 Å². The fourth-order valence-electron chi connectivity index (χ4n) is 2.99. The number of ether oxygens (including phenoxy) is 1. The Kier molecular flexibility index (Phi) is 5.50. The maximum Gasteiger partial charge on any atom is 0.138 e. The van der Waals surface area contributed by atoms with Crippen molar-refractivity contribution in [3.63, 3.8) is 0 Å². The molecule has 0 saturated carbocycles. The van der Waals surface area contributed by atoms with E-state index >= 15 is 0 Å². The van der Waals surface area contributed by atoms with E-state index in [2.05, 4.69) is 15.2 Å². The molecule has 0 spiro atoms. The summed E-state index contributed by atoms with van der Waals surface area (Å²) in [6, 6.07) is 7.68. The molecule has 6 nitrogen and oxygen atoms in total. The van der Waals surface area contributed by atoms with Gasteiger partial charge in [0.2, 0.25) is 0 Å². The van der Waals surface area contributed by atoms with Crippen molar-refractivity contribution in [2.75, 3.05) is 32.8 Å². The van der Waals surface area contributed by atoms with E-state index in [4.69, 9.17) is 9.15 Å². The van der Waals surface area contributed by atoms with Crippen LogP contribution < -0.4 is 5.32 Å². The molecule has 24 heavy (non-hydrogen) atoms. The van der Waals surface area contributed by atoms with Gasteiger partial charge in [0.25, 0.3) is 0 Å². The molecule has 0 bridgehead atoms. The number of aromatic hydroxyl groups is 1. The summed E-state index contributed by atoms with van der Waals surface area (Å²) in [5, 5.41) is 13.3. The molecule has 130 valence electrons. The number of aromatic nitrogens is 1. The molecule has 6 heteroatoms. The number of aryl methyl sites for hydroxylation is 2. The minimum Gasteiger partial charge on any atom is -0.506 e. The monoisotopic (exact) mass is 331 g/mol. The predicted octanol–water partition coefficient (Wildman–Crippen LogP) is 2.16. The third kappa shape index (κ3) is 4.14. The van der Waals surface area contributed by atoms with E-state index < -0.39 is 0 Å². The van der Waals surface area contributed by atoms with Crippen molar-refractivity contribution in [1.82, 2.24) is 15.2 Å². The van der Waals surface area contributed by atoms with Gasteiger partial charge in [-0.15, -0.1) is 0 Å². The first-order valence-corrected chi connectivity index (χ1v) is 8.38. The quantitative estimate of drug-likeness (QED) is 0.845. The normalized spacial score (nSPS) is 17.1. The molecule has 1 saturated heterocycles. The Morgan fingerprint density at radius 1 is 1.21 bits per heavy atom. The van der Waals surface area contributed by atoms with Crippen molar-refractivity contribution in [1.29, 1.82) is 0 Å². The summed E-state index contributed by atoms with van der Waals surface area (Å²) in [5.41, 5.74) is 1.57. The molecular weight excluding hydrogens is 306 g/mol. The smallest absolute Gasteiger partial charge is 0.138 e. The van der Waals surface area contributed by atoms with E-state index in [1.54, 1.807) is 12.1 Å². The van der Waals surface area contributed by atoms with Crippen molar-refractivity contribution < 1.29 is 14.3 Å². The zero-order chi connectivity index (χ0) is 16.9. The van der Waals surface area contributed by atoms with Crippen LogP contribution in [0.1, 0.15) is 29.0 Å². The van der Waals surface area contributed by atoms with Gasteiger partial charge in [-0.2, -0.15) is 0 Å². The van der Waals surface area contributed by atoms with Crippen LogP contribution in [0, 0.1) is 13.8 Å². The van der Waals surface area contributed by atoms with E-state index in [0.29, 0.717) is 12.2 Å². The van der Waals surface area contributed by atoms with Crippen LogP contribution in [0.4, 0.5) is 0 Å². The van der Waals surface area contributed by atoms with Gasteiger partial charge >= 0.3 is 0 Å². The Labute approximate surface area is 142 Å². The highest BCUT2D eigenvalue weighted by Crippen LogP contribution is 2.23. The van der Waals surface area contributed by atoms with Crippen molar-refractivity contribution in [3.05, 3.63) is 47.2 Å². The Hall–Kier alpha value is -1.89. The highest BCUT2D eigenvalue weighted by atomic mass is 16.5. The Bertz CT molecular complexity index is 665. The van der Waals surface area contributed by atoms with Gasteiger partial charge in [-0.1, -0.05) is 0 Å². The first-order valence-electron chi connectivity index (χ1n) is 8.38. The minimum absolute atomic E-state index is 0.148. The third-order valence-corrected chi connectivity index (χ3v) is 4.30. The summed E-state index contributed by atoms with van der Waals surface area (Å²) < 4.78 is 11.3. The molecule has 1 atom stereocenters. The van der Waals surface area contributed by atoms with Gasteiger partial charge < -0.3 is 19.6 Å². The molecular formula is C18H25N3O3. The molecule has 0 radical (unpaired) electrons. The van der Waals surface area contributed by atoms with Crippen LogP contribution >= 0.6 is 0 Å². The number of hydrogen-bond acceptors (Lipinski definition) is 6. The summed E-state index contributed by atoms with van der Waals surface area (Å²) in [6.07, 6.45) is 0. The summed E-state index contributed by atoms with van der Waals surface area (Å²) in [6.45, 7) is 8.40. The molecule has 1 fully saturated rings. The van der Waals surface area contributed by atoms with Crippen molar-refractivity contribution >= 4 is 0 Å². The average Bonchev–Trinajstić information content (AvgIpc) is 3.01. The predicted molar refractivity (Wildman–Crippen MR) is 90.9 cm³/mol. The lowest BCUT2D eigenvalue weighted by molar-refractivity contribution is 0.0114. The lowest BCUT2D eigenvalue weighted by atomic mass is 10.1. The fourth-order valence-corrected chi connectivity index (χ4v) is 2.99. The molecule has 0 amide bonds. The van der Waals surface area contributed by atoms with E-state index in [0.717, 1.165) is 50.1 Å². The second-order valence-electron chi connectivity index (χ2n) is 6.16. The maximum absolute atomic E-state index is 9.92. The van der Waals surface area contributed by atoms with Crippen LogP contribution in [0.3, 0.4) is 0 Å². The highest BCUT2D eigenvalue weighted by Gasteiger charge is 2.25. The average molecular weight is 331 g/mol. The van der Waals surface area contributed by atoms with E-state index in [1.165, 1.54) is 0 Å². The summed E-state index contributed by atoms with van der Waals surface area (Å²) in [5.74, 6) is 2.11. The lowest BCUT2D eigenvalue weighted by Crippen LogP contribution is -2.42. The van der Waals surface area contributed by atoms with Gasteiger partial charge in [0.15, 0.2) is 0 Å². The van der Waals surface area contributed by atoms with Gasteiger partial charge in [-0.25, -0.2) is 0 Å². The molecule has 1 aliphatic heterocycles. The largest absolute Gasteiger partial charge is 0.506 e. The number of pyridine rings is 1. The molecule has 0 aromatic carbocycles. The standard InChI is InChI=1S/C18H25N3O3/c1-13-3-5-17(22)15(20-13)11-19-12-16(18-6-4-14(2)24-18)21-7-9-23-10-8-21/h3-6,16,19,22H,7-12H2,1-2H3. The third-order valence-electron chi connectivity index (χ3n) is 4.30. The van der Waals surface area contributed by atoms with Crippen LogP contribution in [-0.4, -0.2) is 47.8 Å². The van der Waals surface area contributed by atoms with Gasteiger partial charge in [0.1, 0.15) is 17.3 Å². The van der Waals surface area contributed by atoms with Crippen LogP contribution in [0.25, 0.3) is 0 Å². The molecule has 2 aromatic heterocycles. The second kappa shape index (κ2) is 7.79. The number of rotatable bonds is 6. The molecule has 2 N–H and O–H groups in total. The number of nitrogens with zero attached hydrogens (tertiary/aromatic N) is 2. The highest BCUT2D eigenvalue weighted by molar-refractivity contribution is 5.27. The molecule has 1 unspecified atom stereocenters. The molecule has 3 heterocycles. The van der Waals surface area contributed by atoms with Crippen LogP contribution in [0.5, 0.6) is 5.75 Å². The van der Waals surface area contributed by atoms with E-state index in [-0.39, 0.29) is 11.8 Å². The summed E-state index contributed by atoms with van der Waals surface area (Å²) >= 11 is 0. The van der Waals surface area contributed by atoms with Gasteiger partial charge in [0, 0.05) is 31.9 Å². The lowest BCUT2D eigenvalue weighted by Gasteiger charge is -2.33.